The van der Waals surface area contributed by atoms with E-state index in [-0.39, 0.29) is 0 Å². The molecular formula is C18H18N2S. The van der Waals surface area contributed by atoms with Crippen molar-refractivity contribution in [1.29, 1.82) is 0 Å². The highest BCUT2D eigenvalue weighted by molar-refractivity contribution is 7.14. The van der Waals surface area contributed by atoms with Crippen LogP contribution in [0.5, 0.6) is 0 Å². The molecule has 0 aliphatic heterocycles. The van der Waals surface area contributed by atoms with Gasteiger partial charge in [-0.15, -0.1) is 11.3 Å². The summed E-state index contributed by atoms with van der Waals surface area (Å²) in [7, 11) is 0. The summed E-state index contributed by atoms with van der Waals surface area (Å²) >= 11 is 1.66. The molecule has 1 aromatic heterocycles. The normalized spacial score (nSPS) is 10.5. The molecule has 0 unspecified atom stereocenters. The van der Waals surface area contributed by atoms with Crippen molar-refractivity contribution in [2.24, 2.45) is 0 Å². The predicted molar refractivity (Wildman–Crippen MR) is 91.8 cm³/mol. The fourth-order valence-electron chi connectivity index (χ4n) is 2.18. The van der Waals surface area contributed by atoms with Gasteiger partial charge in [-0.1, -0.05) is 61.5 Å². The van der Waals surface area contributed by atoms with E-state index in [4.69, 9.17) is 0 Å². The van der Waals surface area contributed by atoms with E-state index in [1.807, 2.05) is 6.07 Å². The van der Waals surface area contributed by atoms with E-state index in [2.05, 4.69) is 71.1 Å². The first-order chi connectivity index (χ1) is 10.4. The van der Waals surface area contributed by atoms with Gasteiger partial charge in [0, 0.05) is 17.5 Å². The first-order valence-corrected chi connectivity index (χ1v) is 8.10. The van der Waals surface area contributed by atoms with Gasteiger partial charge >= 0.3 is 0 Å². The molecule has 3 rings (SSSR count). The quantitative estimate of drug-likeness (QED) is 0.690. The lowest BCUT2D eigenvalue weighted by Gasteiger charge is -2.03. The van der Waals surface area contributed by atoms with Crippen molar-refractivity contribution in [3.8, 4) is 22.4 Å². The molecule has 0 aliphatic rings. The fraction of sp³-hybridized carbons (Fsp3) is 0.167. The van der Waals surface area contributed by atoms with Gasteiger partial charge in [-0.2, -0.15) is 0 Å². The molecule has 0 amide bonds. The molecule has 0 fully saturated rings. The standard InChI is InChI=1S/C18H18N2S/c1-2-12-19-18-20-17(13-21-18)16-10-8-15(9-11-16)14-6-4-3-5-7-14/h3-11,13H,2,12H2,1H3,(H,19,20). The Balaban J connectivity index is 1.79. The zero-order chi connectivity index (χ0) is 14.5. The Hall–Kier alpha value is -2.13. The molecule has 0 bridgehead atoms. The Kier molecular flexibility index (Phi) is 4.31. The maximum absolute atomic E-state index is 4.63. The average molecular weight is 294 g/mol. The van der Waals surface area contributed by atoms with Crippen LogP contribution in [0.15, 0.2) is 60.0 Å². The number of benzene rings is 2. The highest BCUT2D eigenvalue weighted by Crippen LogP contribution is 2.27. The van der Waals surface area contributed by atoms with Crippen molar-refractivity contribution in [3.05, 3.63) is 60.0 Å². The lowest BCUT2D eigenvalue weighted by Crippen LogP contribution is -1.98. The molecule has 0 radical (unpaired) electrons. The van der Waals surface area contributed by atoms with Gasteiger partial charge in [0.2, 0.25) is 0 Å². The summed E-state index contributed by atoms with van der Waals surface area (Å²) in [5.74, 6) is 0. The van der Waals surface area contributed by atoms with Crippen molar-refractivity contribution in [2.75, 3.05) is 11.9 Å². The molecule has 2 aromatic carbocycles. The van der Waals surface area contributed by atoms with Crippen molar-refractivity contribution in [2.45, 2.75) is 13.3 Å². The second kappa shape index (κ2) is 6.55. The minimum atomic E-state index is 0.972. The van der Waals surface area contributed by atoms with Crippen LogP contribution in [-0.2, 0) is 0 Å². The zero-order valence-corrected chi connectivity index (χ0v) is 12.9. The van der Waals surface area contributed by atoms with E-state index in [1.54, 1.807) is 11.3 Å². The third kappa shape index (κ3) is 3.31. The third-order valence-corrected chi connectivity index (χ3v) is 4.12. The number of hydrogen-bond acceptors (Lipinski definition) is 3. The van der Waals surface area contributed by atoms with Crippen LogP contribution < -0.4 is 5.32 Å². The van der Waals surface area contributed by atoms with Crippen molar-refractivity contribution in [1.82, 2.24) is 4.98 Å². The summed E-state index contributed by atoms with van der Waals surface area (Å²) in [6.45, 7) is 3.13. The van der Waals surface area contributed by atoms with E-state index in [9.17, 15) is 0 Å². The smallest absolute Gasteiger partial charge is 0.183 e. The largest absolute Gasteiger partial charge is 0.362 e. The molecule has 2 nitrogen and oxygen atoms in total. The van der Waals surface area contributed by atoms with Crippen LogP contribution in [-0.4, -0.2) is 11.5 Å². The lowest BCUT2D eigenvalue weighted by molar-refractivity contribution is 0.976. The number of anilines is 1. The minimum absolute atomic E-state index is 0.972. The summed E-state index contributed by atoms with van der Waals surface area (Å²) in [6, 6.07) is 19.0. The summed E-state index contributed by atoms with van der Waals surface area (Å²) < 4.78 is 0. The monoisotopic (exact) mass is 294 g/mol. The summed E-state index contributed by atoms with van der Waals surface area (Å²) in [5, 5.41) is 6.43. The molecule has 0 spiro atoms. The van der Waals surface area contributed by atoms with Gasteiger partial charge in [0.15, 0.2) is 5.13 Å². The maximum atomic E-state index is 4.63. The van der Waals surface area contributed by atoms with E-state index < -0.39 is 0 Å². The van der Waals surface area contributed by atoms with Gasteiger partial charge in [-0.05, 0) is 17.5 Å². The van der Waals surface area contributed by atoms with E-state index in [1.165, 1.54) is 11.1 Å². The molecule has 1 N–H and O–H groups in total. The molecule has 3 heteroatoms. The van der Waals surface area contributed by atoms with Crippen LogP contribution in [0.2, 0.25) is 0 Å². The maximum Gasteiger partial charge on any atom is 0.183 e. The SMILES string of the molecule is CCCNc1nc(-c2ccc(-c3ccccc3)cc2)cs1. The predicted octanol–water partition coefficient (Wildman–Crippen LogP) is 5.30. The van der Waals surface area contributed by atoms with E-state index in [0.29, 0.717) is 0 Å². The van der Waals surface area contributed by atoms with Gasteiger partial charge in [0.1, 0.15) is 0 Å². The molecule has 3 aromatic rings. The molecule has 0 atom stereocenters. The Morgan fingerprint density at radius 3 is 2.29 bits per heavy atom. The minimum Gasteiger partial charge on any atom is -0.362 e. The number of rotatable bonds is 5. The number of hydrogen-bond donors (Lipinski definition) is 1. The van der Waals surface area contributed by atoms with Crippen LogP contribution in [0.3, 0.4) is 0 Å². The molecule has 21 heavy (non-hydrogen) atoms. The van der Waals surface area contributed by atoms with Gasteiger partial charge in [-0.25, -0.2) is 4.98 Å². The van der Waals surface area contributed by atoms with Crippen molar-refractivity contribution in [3.63, 3.8) is 0 Å². The number of aromatic nitrogens is 1. The lowest BCUT2D eigenvalue weighted by atomic mass is 10.0. The Labute approximate surface area is 129 Å². The van der Waals surface area contributed by atoms with Crippen LogP contribution in [0.4, 0.5) is 5.13 Å². The Bertz CT molecular complexity index is 687. The number of thiazole rings is 1. The fourth-order valence-corrected chi connectivity index (χ4v) is 2.93. The van der Waals surface area contributed by atoms with Gasteiger partial charge in [0.25, 0.3) is 0 Å². The summed E-state index contributed by atoms with van der Waals surface area (Å²) in [6.07, 6.45) is 1.11. The highest BCUT2D eigenvalue weighted by Gasteiger charge is 2.04. The molecule has 0 saturated carbocycles. The summed E-state index contributed by atoms with van der Waals surface area (Å²) in [4.78, 5) is 4.63. The first kappa shape index (κ1) is 13.8. The molecule has 0 aliphatic carbocycles. The van der Waals surface area contributed by atoms with E-state index >= 15 is 0 Å². The highest BCUT2D eigenvalue weighted by atomic mass is 32.1. The molecular weight excluding hydrogens is 276 g/mol. The second-order valence-corrected chi connectivity index (χ2v) is 5.77. The van der Waals surface area contributed by atoms with E-state index in [0.717, 1.165) is 29.4 Å². The zero-order valence-electron chi connectivity index (χ0n) is 12.0. The summed E-state index contributed by atoms with van der Waals surface area (Å²) in [5.41, 5.74) is 4.68. The number of nitrogens with zero attached hydrogens (tertiary/aromatic N) is 1. The first-order valence-electron chi connectivity index (χ1n) is 7.22. The van der Waals surface area contributed by atoms with Crippen LogP contribution in [0, 0.1) is 0 Å². The average Bonchev–Trinajstić information content (AvgIpc) is 3.03. The second-order valence-electron chi connectivity index (χ2n) is 4.91. The van der Waals surface area contributed by atoms with Crippen molar-refractivity contribution >= 4 is 16.5 Å². The Morgan fingerprint density at radius 1 is 0.905 bits per heavy atom. The van der Waals surface area contributed by atoms with Crippen LogP contribution in [0.1, 0.15) is 13.3 Å². The topological polar surface area (TPSA) is 24.9 Å². The molecule has 0 saturated heterocycles. The molecule has 106 valence electrons. The van der Waals surface area contributed by atoms with Gasteiger partial charge in [0.05, 0.1) is 5.69 Å². The number of nitrogens with one attached hydrogen (secondary N) is 1. The van der Waals surface area contributed by atoms with Crippen molar-refractivity contribution < 1.29 is 0 Å². The van der Waals surface area contributed by atoms with Gasteiger partial charge in [-0.3, -0.25) is 0 Å². The Morgan fingerprint density at radius 2 is 1.57 bits per heavy atom. The van der Waals surface area contributed by atoms with Crippen LogP contribution >= 0.6 is 11.3 Å². The molecule has 1 heterocycles. The third-order valence-electron chi connectivity index (χ3n) is 3.32. The van der Waals surface area contributed by atoms with Gasteiger partial charge < -0.3 is 5.32 Å². The van der Waals surface area contributed by atoms with Crippen LogP contribution in [0.25, 0.3) is 22.4 Å².